The summed E-state index contributed by atoms with van der Waals surface area (Å²) in [7, 11) is 0. The molecule has 0 radical (unpaired) electrons. The molecule has 446 valence electrons. The summed E-state index contributed by atoms with van der Waals surface area (Å²) >= 11 is 0. The zero-order chi connectivity index (χ0) is 55.7. The first-order valence-corrected chi connectivity index (χ1v) is 33.4. The highest BCUT2D eigenvalue weighted by Crippen LogP contribution is 2.17. The molecule has 6 heteroatoms. The number of carbonyl (C=O) groups excluding carboxylic acids is 3. The lowest BCUT2D eigenvalue weighted by Gasteiger charge is -2.18. The Hall–Kier alpha value is -3.15. The van der Waals surface area contributed by atoms with Crippen molar-refractivity contribution >= 4 is 17.9 Å². The Morgan fingerprint density at radius 3 is 0.805 bits per heavy atom. The second-order valence-electron chi connectivity index (χ2n) is 22.4. The fraction of sp³-hybridized carbons (Fsp3) is 0.789. The van der Waals surface area contributed by atoms with Crippen LogP contribution in [0.1, 0.15) is 342 Å². The van der Waals surface area contributed by atoms with E-state index in [1.54, 1.807) is 0 Å². The van der Waals surface area contributed by atoms with Gasteiger partial charge in [0.05, 0.1) is 0 Å². The smallest absolute Gasteiger partial charge is 0.306 e. The molecule has 1 atom stereocenters. The maximum atomic E-state index is 12.9. The van der Waals surface area contributed by atoms with Crippen molar-refractivity contribution in [3.05, 3.63) is 72.9 Å². The summed E-state index contributed by atoms with van der Waals surface area (Å²) in [5.74, 6) is -0.884. The molecule has 0 spiro atoms. The zero-order valence-corrected chi connectivity index (χ0v) is 51.2. The highest BCUT2D eigenvalue weighted by molar-refractivity contribution is 5.71. The summed E-state index contributed by atoms with van der Waals surface area (Å²) in [5, 5.41) is 0. The molecule has 0 N–H and O–H groups in total. The van der Waals surface area contributed by atoms with Crippen molar-refractivity contribution in [3.63, 3.8) is 0 Å². The van der Waals surface area contributed by atoms with Crippen molar-refractivity contribution in [1.29, 1.82) is 0 Å². The summed E-state index contributed by atoms with van der Waals surface area (Å²) in [6, 6.07) is 0. The van der Waals surface area contributed by atoms with E-state index in [9.17, 15) is 14.4 Å². The third-order valence-electron chi connectivity index (χ3n) is 14.7. The molecular weight excluding hydrogens is 949 g/mol. The molecular formula is C71H126O6. The maximum absolute atomic E-state index is 12.9. The lowest BCUT2D eigenvalue weighted by molar-refractivity contribution is -0.167. The molecule has 6 nitrogen and oxygen atoms in total. The second kappa shape index (κ2) is 65.4. The van der Waals surface area contributed by atoms with Crippen LogP contribution in [0.2, 0.25) is 0 Å². The number of unbranched alkanes of at least 4 members (excludes halogenated alkanes) is 38. The normalized spacial score (nSPS) is 12.5. The van der Waals surface area contributed by atoms with Crippen molar-refractivity contribution in [2.24, 2.45) is 0 Å². The van der Waals surface area contributed by atoms with Gasteiger partial charge in [-0.15, -0.1) is 0 Å². The largest absolute Gasteiger partial charge is 0.462 e. The van der Waals surface area contributed by atoms with E-state index in [0.717, 1.165) is 109 Å². The van der Waals surface area contributed by atoms with Crippen molar-refractivity contribution < 1.29 is 28.6 Å². The number of allylic oxidation sites excluding steroid dienone is 12. The first-order chi connectivity index (χ1) is 38.0. The minimum absolute atomic E-state index is 0.0809. The van der Waals surface area contributed by atoms with Crippen LogP contribution < -0.4 is 0 Å². The van der Waals surface area contributed by atoms with Crippen LogP contribution >= 0.6 is 0 Å². The zero-order valence-electron chi connectivity index (χ0n) is 51.2. The Bertz CT molecular complexity index is 1420. The number of carbonyl (C=O) groups is 3. The van der Waals surface area contributed by atoms with Crippen LogP contribution in [0, 0.1) is 0 Å². The van der Waals surface area contributed by atoms with Gasteiger partial charge in [0.15, 0.2) is 6.10 Å². The van der Waals surface area contributed by atoms with E-state index in [-0.39, 0.29) is 31.1 Å². The van der Waals surface area contributed by atoms with Crippen LogP contribution in [0.5, 0.6) is 0 Å². The third kappa shape index (κ3) is 63.6. The van der Waals surface area contributed by atoms with Crippen molar-refractivity contribution in [2.75, 3.05) is 13.2 Å². The highest BCUT2D eigenvalue weighted by atomic mass is 16.6. The van der Waals surface area contributed by atoms with Crippen molar-refractivity contribution in [3.8, 4) is 0 Å². The molecule has 0 fully saturated rings. The van der Waals surface area contributed by atoms with Gasteiger partial charge in [-0.1, -0.05) is 306 Å². The fourth-order valence-corrected chi connectivity index (χ4v) is 9.70. The molecule has 0 aliphatic rings. The van der Waals surface area contributed by atoms with E-state index >= 15 is 0 Å². The molecule has 0 bridgehead atoms. The van der Waals surface area contributed by atoms with E-state index in [1.165, 1.54) is 193 Å². The number of hydrogen-bond acceptors (Lipinski definition) is 6. The van der Waals surface area contributed by atoms with E-state index in [2.05, 4.69) is 93.7 Å². The number of hydrogen-bond donors (Lipinski definition) is 0. The van der Waals surface area contributed by atoms with Gasteiger partial charge in [0.1, 0.15) is 13.2 Å². The third-order valence-corrected chi connectivity index (χ3v) is 14.7. The molecule has 0 aliphatic heterocycles. The number of rotatable bonds is 61. The van der Waals surface area contributed by atoms with Crippen LogP contribution in [0.25, 0.3) is 0 Å². The minimum Gasteiger partial charge on any atom is -0.462 e. The molecule has 0 amide bonds. The lowest BCUT2D eigenvalue weighted by atomic mass is 10.0. The van der Waals surface area contributed by atoms with Gasteiger partial charge >= 0.3 is 17.9 Å². The average Bonchev–Trinajstić information content (AvgIpc) is 3.43. The molecule has 0 saturated carbocycles. The summed E-state index contributed by atoms with van der Waals surface area (Å²) in [5.41, 5.74) is 0. The van der Waals surface area contributed by atoms with Crippen LogP contribution in [0.4, 0.5) is 0 Å². The van der Waals surface area contributed by atoms with Gasteiger partial charge in [-0.25, -0.2) is 0 Å². The molecule has 0 heterocycles. The highest BCUT2D eigenvalue weighted by Gasteiger charge is 2.19. The van der Waals surface area contributed by atoms with Crippen LogP contribution in [-0.4, -0.2) is 37.2 Å². The maximum Gasteiger partial charge on any atom is 0.306 e. The minimum atomic E-state index is -0.786. The first kappa shape index (κ1) is 73.8. The van der Waals surface area contributed by atoms with E-state index in [4.69, 9.17) is 14.2 Å². The number of esters is 3. The van der Waals surface area contributed by atoms with Crippen LogP contribution in [0.3, 0.4) is 0 Å². The lowest BCUT2D eigenvalue weighted by Crippen LogP contribution is -2.30. The molecule has 77 heavy (non-hydrogen) atoms. The van der Waals surface area contributed by atoms with Gasteiger partial charge in [-0.05, 0) is 89.9 Å². The molecule has 0 saturated heterocycles. The molecule has 0 aliphatic carbocycles. The van der Waals surface area contributed by atoms with Crippen molar-refractivity contribution in [2.45, 2.75) is 348 Å². The van der Waals surface area contributed by atoms with Crippen LogP contribution in [-0.2, 0) is 28.6 Å². The van der Waals surface area contributed by atoms with E-state index in [0.29, 0.717) is 19.3 Å². The monoisotopic (exact) mass is 1070 g/mol. The molecule has 0 aromatic rings. The van der Waals surface area contributed by atoms with Crippen molar-refractivity contribution in [1.82, 2.24) is 0 Å². The summed E-state index contributed by atoms with van der Waals surface area (Å²) in [6.45, 7) is 6.56. The Kier molecular flexibility index (Phi) is 62.7. The Balaban J connectivity index is 4.39. The summed E-state index contributed by atoms with van der Waals surface area (Å²) < 4.78 is 17.0. The predicted octanol–water partition coefficient (Wildman–Crippen LogP) is 22.9. The second-order valence-corrected chi connectivity index (χ2v) is 22.4. The van der Waals surface area contributed by atoms with Gasteiger partial charge in [0.2, 0.25) is 0 Å². The van der Waals surface area contributed by atoms with Gasteiger partial charge in [0.25, 0.3) is 0 Å². The quantitative estimate of drug-likeness (QED) is 0.0261. The predicted molar refractivity (Wildman–Crippen MR) is 335 cm³/mol. The Morgan fingerprint density at radius 1 is 0.273 bits per heavy atom. The molecule has 0 aromatic carbocycles. The standard InChI is InChI=1S/C71H126O6/c1-4-7-10-13-16-19-22-25-28-31-33-35-37-40-43-46-49-52-55-58-61-64-70(73)76-67-68(66-75-69(72)63-60-57-54-51-48-45-42-39-30-27-24-21-18-15-12-9-6-3)77-71(74)65-62-59-56-53-50-47-44-41-38-36-34-32-29-26-23-20-17-14-11-8-5-2/h7,10,16,19,25,27-28,30,33,35,40,43,68H,4-6,8-9,11-15,17-18,20-24,26,29,31-32,34,36-39,41-42,44-67H2,1-3H3/b10-7-,19-16-,28-25-,30-27-,35-33-,43-40-. The fourth-order valence-electron chi connectivity index (χ4n) is 9.70. The molecule has 1 unspecified atom stereocenters. The molecule has 0 aromatic heterocycles. The van der Waals surface area contributed by atoms with E-state index in [1.807, 2.05) is 0 Å². The Morgan fingerprint density at radius 2 is 0.506 bits per heavy atom. The topological polar surface area (TPSA) is 78.9 Å². The summed E-state index contributed by atoms with van der Waals surface area (Å²) in [6.07, 6.45) is 84.8. The molecule has 0 rings (SSSR count). The summed E-state index contributed by atoms with van der Waals surface area (Å²) in [4.78, 5) is 38.4. The van der Waals surface area contributed by atoms with Gasteiger partial charge in [0, 0.05) is 19.3 Å². The Labute approximate surface area is 478 Å². The average molecular weight is 1080 g/mol. The number of ether oxygens (including phenoxy) is 3. The first-order valence-electron chi connectivity index (χ1n) is 33.4. The van der Waals surface area contributed by atoms with Gasteiger partial charge < -0.3 is 14.2 Å². The van der Waals surface area contributed by atoms with Gasteiger partial charge in [-0.2, -0.15) is 0 Å². The SMILES string of the molecule is CC/C=C\C/C=C\C/C=C\C/C=C\C/C=C\CCCCCCCC(=O)OCC(COC(=O)CCCCCCCCC/C=C\CCCCCCCC)OC(=O)CCCCCCCCCCCCCCCCCCCCCCC. The van der Waals surface area contributed by atoms with Crippen LogP contribution in [0.15, 0.2) is 72.9 Å². The van der Waals surface area contributed by atoms with Gasteiger partial charge in [-0.3, -0.25) is 14.4 Å². The van der Waals surface area contributed by atoms with E-state index < -0.39 is 6.10 Å².